The third-order valence-corrected chi connectivity index (χ3v) is 4.63. The highest BCUT2D eigenvalue weighted by Crippen LogP contribution is 2.25. The lowest BCUT2D eigenvalue weighted by atomic mass is 10.1. The first kappa shape index (κ1) is 19.0. The number of nitrogens with one attached hydrogen (secondary N) is 1. The van der Waals surface area contributed by atoms with Crippen LogP contribution in [-0.4, -0.2) is 28.4 Å². The fraction of sp³-hybridized carbons (Fsp3) is 0.0909. The molecule has 0 bridgehead atoms. The van der Waals surface area contributed by atoms with Crippen LogP contribution in [0.2, 0.25) is 5.02 Å². The number of para-hydroxylation sites is 1. The zero-order valence-corrected chi connectivity index (χ0v) is 16.1. The van der Waals surface area contributed by atoms with Crippen molar-refractivity contribution < 1.29 is 13.9 Å². The standard InChI is InChI=1S/C22H17ClFN3O2/c23-18-12-15(6-8-19(18)24)16-7-9-21-26-20(14-27(21)13-16)22(28)25-10-11-29-17-4-2-1-3-5-17/h1-9,12-14H,10-11H2,(H,25,28). The summed E-state index contributed by atoms with van der Waals surface area (Å²) in [6, 6.07) is 17.6. The van der Waals surface area contributed by atoms with Crippen LogP contribution in [0.1, 0.15) is 10.5 Å². The molecule has 0 fully saturated rings. The summed E-state index contributed by atoms with van der Waals surface area (Å²) in [6.45, 7) is 0.722. The van der Waals surface area contributed by atoms with Gasteiger partial charge in [0, 0.05) is 12.4 Å². The summed E-state index contributed by atoms with van der Waals surface area (Å²) in [5.74, 6) is 0.00831. The van der Waals surface area contributed by atoms with E-state index in [0.717, 1.165) is 16.9 Å². The average Bonchev–Trinajstić information content (AvgIpc) is 3.17. The molecule has 1 N–H and O–H groups in total. The van der Waals surface area contributed by atoms with Gasteiger partial charge in [0.05, 0.1) is 11.6 Å². The number of rotatable bonds is 6. The third-order valence-electron chi connectivity index (χ3n) is 4.34. The van der Waals surface area contributed by atoms with E-state index < -0.39 is 5.82 Å². The molecule has 0 radical (unpaired) electrons. The molecule has 0 atom stereocenters. The SMILES string of the molecule is O=C(NCCOc1ccccc1)c1cn2cc(-c3ccc(F)c(Cl)c3)ccc2n1. The molecule has 29 heavy (non-hydrogen) atoms. The molecule has 0 spiro atoms. The lowest BCUT2D eigenvalue weighted by Gasteiger charge is -2.06. The minimum absolute atomic E-state index is 0.0611. The molecule has 5 nitrogen and oxygen atoms in total. The van der Waals surface area contributed by atoms with Gasteiger partial charge in [-0.05, 0) is 47.5 Å². The molecule has 2 heterocycles. The summed E-state index contributed by atoms with van der Waals surface area (Å²) >= 11 is 5.87. The number of amides is 1. The van der Waals surface area contributed by atoms with Crippen molar-refractivity contribution in [1.82, 2.24) is 14.7 Å². The van der Waals surface area contributed by atoms with Gasteiger partial charge in [-0.25, -0.2) is 9.37 Å². The number of carbonyl (C=O) groups excluding carboxylic acids is 1. The summed E-state index contributed by atoms with van der Waals surface area (Å²) < 4.78 is 20.7. The normalized spacial score (nSPS) is 10.8. The molecule has 146 valence electrons. The van der Waals surface area contributed by atoms with Crippen LogP contribution in [0, 0.1) is 5.82 Å². The number of hydrogen-bond acceptors (Lipinski definition) is 3. The quantitative estimate of drug-likeness (QED) is 0.473. The summed E-state index contributed by atoms with van der Waals surface area (Å²) in [7, 11) is 0. The minimum Gasteiger partial charge on any atom is -0.492 e. The third kappa shape index (κ3) is 4.38. The van der Waals surface area contributed by atoms with E-state index in [-0.39, 0.29) is 10.9 Å². The second-order valence-corrected chi connectivity index (χ2v) is 6.76. The van der Waals surface area contributed by atoms with Gasteiger partial charge < -0.3 is 14.5 Å². The second kappa shape index (κ2) is 8.32. The topological polar surface area (TPSA) is 55.6 Å². The molecule has 0 aliphatic carbocycles. The van der Waals surface area contributed by atoms with Crippen molar-refractivity contribution in [3.63, 3.8) is 0 Å². The zero-order chi connectivity index (χ0) is 20.2. The summed E-state index contributed by atoms with van der Waals surface area (Å²) in [5.41, 5.74) is 2.54. The van der Waals surface area contributed by atoms with Gasteiger partial charge in [0.15, 0.2) is 0 Å². The Bertz CT molecular complexity index is 1160. The molecule has 0 aliphatic rings. The van der Waals surface area contributed by atoms with Crippen LogP contribution in [0.5, 0.6) is 5.75 Å². The maximum atomic E-state index is 13.4. The number of hydrogen-bond donors (Lipinski definition) is 1. The molecule has 2 aromatic carbocycles. The summed E-state index contributed by atoms with van der Waals surface area (Å²) in [6.07, 6.45) is 3.47. The van der Waals surface area contributed by atoms with E-state index >= 15 is 0 Å². The summed E-state index contributed by atoms with van der Waals surface area (Å²) in [5, 5.41) is 2.85. The molecule has 4 aromatic rings. The fourth-order valence-corrected chi connectivity index (χ4v) is 3.07. The number of halogens is 2. The Labute approximate surface area is 171 Å². The molecule has 2 aromatic heterocycles. The van der Waals surface area contributed by atoms with Crippen LogP contribution in [0.15, 0.2) is 73.1 Å². The molecule has 0 saturated heterocycles. The van der Waals surface area contributed by atoms with Crippen LogP contribution in [-0.2, 0) is 0 Å². The molecule has 7 heteroatoms. The minimum atomic E-state index is -0.464. The van der Waals surface area contributed by atoms with Crippen LogP contribution in [0.4, 0.5) is 4.39 Å². The Morgan fingerprint density at radius 3 is 2.66 bits per heavy atom. The number of nitrogens with zero attached hydrogens (tertiary/aromatic N) is 2. The number of ether oxygens (including phenoxy) is 1. The largest absolute Gasteiger partial charge is 0.492 e. The molecular weight excluding hydrogens is 393 g/mol. The monoisotopic (exact) mass is 409 g/mol. The van der Waals surface area contributed by atoms with Crippen LogP contribution < -0.4 is 10.1 Å². The first-order chi connectivity index (χ1) is 14.1. The summed E-state index contributed by atoms with van der Waals surface area (Å²) in [4.78, 5) is 16.7. The van der Waals surface area contributed by atoms with Gasteiger partial charge in [-0.3, -0.25) is 4.79 Å². The number of pyridine rings is 1. The first-order valence-electron chi connectivity index (χ1n) is 9.00. The fourth-order valence-electron chi connectivity index (χ4n) is 2.89. The highest BCUT2D eigenvalue weighted by atomic mass is 35.5. The Kier molecular flexibility index (Phi) is 5.44. The van der Waals surface area contributed by atoms with Crippen molar-refractivity contribution >= 4 is 23.2 Å². The van der Waals surface area contributed by atoms with Gasteiger partial charge in [0.2, 0.25) is 0 Å². The number of aromatic nitrogens is 2. The van der Waals surface area contributed by atoms with Crippen molar-refractivity contribution in [3.8, 4) is 16.9 Å². The smallest absolute Gasteiger partial charge is 0.271 e. The lowest BCUT2D eigenvalue weighted by molar-refractivity contribution is 0.0942. The van der Waals surface area contributed by atoms with Gasteiger partial charge in [-0.1, -0.05) is 35.9 Å². The second-order valence-electron chi connectivity index (χ2n) is 6.36. The first-order valence-corrected chi connectivity index (χ1v) is 9.38. The zero-order valence-electron chi connectivity index (χ0n) is 15.3. The van der Waals surface area contributed by atoms with E-state index in [1.54, 1.807) is 28.8 Å². The number of carbonyl (C=O) groups is 1. The van der Waals surface area contributed by atoms with Gasteiger partial charge >= 0.3 is 0 Å². The van der Waals surface area contributed by atoms with E-state index in [2.05, 4.69) is 10.3 Å². The highest BCUT2D eigenvalue weighted by molar-refractivity contribution is 6.31. The van der Waals surface area contributed by atoms with Gasteiger partial charge in [-0.2, -0.15) is 0 Å². The maximum Gasteiger partial charge on any atom is 0.271 e. The van der Waals surface area contributed by atoms with Crippen molar-refractivity contribution in [3.05, 3.63) is 89.6 Å². The van der Waals surface area contributed by atoms with Crippen LogP contribution >= 0.6 is 11.6 Å². The van der Waals surface area contributed by atoms with Crippen molar-refractivity contribution in [2.24, 2.45) is 0 Å². The van der Waals surface area contributed by atoms with E-state index in [0.29, 0.717) is 24.5 Å². The predicted molar refractivity (Wildman–Crippen MR) is 110 cm³/mol. The highest BCUT2D eigenvalue weighted by Gasteiger charge is 2.11. The molecule has 0 saturated carbocycles. The van der Waals surface area contributed by atoms with Crippen LogP contribution in [0.3, 0.4) is 0 Å². The van der Waals surface area contributed by atoms with E-state index in [9.17, 15) is 9.18 Å². The van der Waals surface area contributed by atoms with Crippen LogP contribution in [0.25, 0.3) is 16.8 Å². The van der Waals surface area contributed by atoms with Crippen molar-refractivity contribution in [1.29, 1.82) is 0 Å². The predicted octanol–water partition coefficient (Wildman–Crippen LogP) is 4.60. The Morgan fingerprint density at radius 1 is 1.07 bits per heavy atom. The van der Waals surface area contributed by atoms with Gasteiger partial charge in [0.25, 0.3) is 5.91 Å². The average molecular weight is 410 g/mol. The molecular formula is C22H17ClFN3O2. The Morgan fingerprint density at radius 2 is 1.86 bits per heavy atom. The van der Waals surface area contributed by atoms with Gasteiger partial charge in [0.1, 0.15) is 29.5 Å². The van der Waals surface area contributed by atoms with Crippen molar-refractivity contribution in [2.45, 2.75) is 0 Å². The number of fused-ring (bicyclic) bond motifs is 1. The number of benzene rings is 2. The molecule has 0 unspecified atom stereocenters. The van der Waals surface area contributed by atoms with Gasteiger partial charge in [-0.15, -0.1) is 0 Å². The molecule has 4 rings (SSSR count). The lowest BCUT2D eigenvalue weighted by Crippen LogP contribution is -2.28. The Hall–Kier alpha value is -3.38. The van der Waals surface area contributed by atoms with Crippen molar-refractivity contribution in [2.75, 3.05) is 13.2 Å². The molecule has 1 amide bonds. The molecule has 0 aliphatic heterocycles. The van der Waals surface area contributed by atoms with E-state index in [4.69, 9.17) is 16.3 Å². The maximum absolute atomic E-state index is 13.4. The number of imidazole rings is 1. The van der Waals surface area contributed by atoms with E-state index in [1.165, 1.54) is 6.07 Å². The Balaban J connectivity index is 1.42. The van der Waals surface area contributed by atoms with E-state index in [1.807, 2.05) is 42.6 Å².